The fourth-order valence-corrected chi connectivity index (χ4v) is 3.22. The molecule has 1 aromatic carbocycles. The number of pyridine rings is 1. The number of piperazine rings is 1. The van der Waals surface area contributed by atoms with Gasteiger partial charge in [-0.3, -0.25) is 14.5 Å². The molecule has 3 rings (SSSR count). The molecule has 2 heterocycles. The topological polar surface area (TPSA) is 56.4 Å². The normalized spacial score (nSPS) is 16.1. The van der Waals surface area contributed by atoms with Crippen molar-refractivity contribution >= 4 is 16.8 Å². The Morgan fingerprint density at radius 2 is 2.00 bits per heavy atom. The Kier molecular flexibility index (Phi) is 5.00. The van der Waals surface area contributed by atoms with Gasteiger partial charge in [0.25, 0.3) is 0 Å². The van der Waals surface area contributed by atoms with Gasteiger partial charge in [0.2, 0.25) is 5.91 Å². The number of aryl methyl sites for hydroxylation is 1. The monoisotopic (exact) mass is 327 g/mol. The van der Waals surface area contributed by atoms with Crippen molar-refractivity contribution in [2.24, 2.45) is 0 Å². The van der Waals surface area contributed by atoms with Crippen molar-refractivity contribution in [2.75, 3.05) is 26.2 Å². The van der Waals surface area contributed by atoms with Crippen molar-refractivity contribution in [3.8, 4) is 0 Å². The van der Waals surface area contributed by atoms with Crippen LogP contribution in [0.1, 0.15) is 31.0 Å². The third kappa shape index (κ3) is 3.67. The first-order valence-corrected chi connectivity index (χ1v) is 8.69. The number of hydrogen-bond donors (Lipinski definition) is 1. The van der Waals surface area contributed by atoms with E-state index in [4.69, 9.17) is 0 Å². The lowest BCUT2D eigenvalue weighted by atomic mass is 10.1. The first-order valence-electron chi connectivity index (χ1n) is 8.69. The predicted molar refractivity (Wildman–Crippen MR) is 96.1 cm³/mol. The average molecular weight is 327 g/mol. The minimum absolute atomic E-state index is 0.0374. The van der Waals surface area contributed by atoms with Crippen molar-refractivity contribution in [2.45, 2.75) is 33.2 Å². The van der Waals surface area contributed by atoms with Gasteiger partial charge < -0.3 is 9.88 Å². The molecule has 128 valence electrons. The van der Waals surface area contributed by atoms with Gasteiger partial charge >= 0.3 is 0 Å². The Labute approximate surface area is 142 Å². The number of fused-ring (bicyclic) bond motifs is 1. The van der Waals surface area contributed by atoms with Crippen LogP contribution < -0.4 is 5.43 Å². The average Bonchev–Trinajstić information content (AvgIpc) is 2.55. The number of benzene rings is 1. The lowest BCUT2D eigenvalue weighted by molar-refractivity contribution is -0.136. The third-order valence-corrected chi connectivity index (χ3v) is 4.61. The van der Waals surface area contributed by atoms with E-state index >= 15 is 0 Å². The van der Waals surface area contributed by atoms with Gasteiger partial charge in [-0.15, -0.1) is 0 Å². The molecule has 1 amide bonds. The fourth-order valence-electron chi connectivity index (χ4n) is 3.22. The van der Waals surface area contributed by atoms with Crippen LogP contribution in [0.25, 0.3) is 10.9 Å². The van der Waals surface area contributed by atoms with Crippen LogP contribution in [0, 0.1) is 6.92 Å². The van der Waals surface area contributed by atoms with Gasteiger partial charge in [0.15, 0.2) is 5.43 Å². The van der Waals surface area contributed by atoms with Gasteiger partial charge in [-0.1, -0.05) is 25.0 Å². The van der Waals surface area contributed by atoms with Crippen molar-refractivity contribution in [1.82, 2.24) is 14.8 Å². The van der Waals surface area contributed by atoms with E-state index in [2.05, 4.69) is 16.8 Å². The number of unbranched alkanes of at least 4 members (excludes halogenated alkanes) is 1. The van der Waals surface area contributed by atoms with Gasteiger partial charge in [-0.05, 0) is 25.5 Å². The fraction of sp³-hybridized carbons (Fsp3) is 0.474. The van der Waals surface area contributed by atoms with Gasteiger partial charge in [0.1, 0.15) is 0 Å². The maximum absolute atomic E-state index is 12.3. The van der Waals surface area contributed by atoms with Crippen LogP contribution >= 0.6 is 0 Å². The van der Waals surface area contributed by atoms with Crippen LogP contribution in [0.2, 0.25) is 0 Å². The highest BCUT2D eigenvalue weighted by molar-refractivity contribution is 5.80. The summed E-state index contributed by atoms with van der Waals surface area (Å²) < 4.78 is 0. The zero-order valence-corrected chi connectivity index (χ0v) is 14.5. The standard InChI is InChI=1S/C19H25N3O2/c1-3-4-7-22-9-8-21(13-19(22)24)12-15-11-18(23)16-10-14(2)5-6-17(16)20-15/h5-6,10-11H,3-4,7-9,12-13H2,1-2H3,(H,20,23). The molecule has 0 spiro atoms. The second-order valence-corrected chi connectivity index (χ2v) is 6.65. The van der Waals surface area contributed by atoms with Crippen molar-refractivity contribution in [3.63, 3.8) is 0 Å². The summed E-state index contributed by atoms with van der Waals surface area (Å²) in [6.45, 7) is 7.63. The number of nitrogens with one attached hydrogen (secondary N) is 1. The lowest BCUT2D eigenvalue weighted by Gasteiger charge is -2.34. The van der Waals surface area contributed by atoms with Crippen LogP contribution in [-0.2, 0) is 11.3 Å². The second-order valence-electron chi connectivity index (χ2n) is 6.65. The minimum atomic E-state index is 0.0374. The molecular formula is C19H25N3O2. The summed E-state index contributed by atoms with van der Waals surface area (Å²) in [5.74, 6) is 0.188. The van der Waals surface area contributed by atoms with E-state index in [0.717, 1.165) is 54.6 Å². The highest BCUT2D eigenvalue weighted by Crippen LogP contribution is 2.13. The minimum Gasteiger partial charge on any atom is -0.357 e. The molecule has 1 fully saturated rings. The summed E-state index contributed by atoms with van der Waals surface area (Å²) >= 11 is 0. The number of aromatic nitrogens is 1. The lowest BCUT2D eigenvalue weighted by Crippen LogP contribution is -2.50. The van der Waals surface area contributed by atoms with E-state index in [1.165, 1.54) is 0 Å². The number of carbonyl (C=O) groups excluding carboxylic acids is 1. The van der Waals surface area contributed by atoms with Crippen molar-refractivity contribution in [3.05, 3.63) is 45.7 Å². The molecule has 0 aliphatic carbocycles. The Balaban J connectivity index is 1.71. The van der Waals surface area contributed by atoms with Gasteiger partial charge in [-0.2, -0.15) is 0 Å². The molecule has 0 saturated carbocycles. The van der Waals surface area contributed by atoms with Gasteiger partial charge in [-0.25, -0.2) is 0 Å². The van der Waals surface area contributed by atoms with Crippen LogP contribution in [0.5, 0.6) is 0 Å². The van der Waals surface area contributed by atoms with Crippen LogP contribution in [-0.4, -0.2) is 46.9 Å². The molecule has 1 aromatic heterocycles. The first-order chi connectivity index (χ1) is 11.6. The summed E-state index contributed by atoms with van der Waals surface area (Å²) in [5.41, 5.74) is 2.84. The Morgan fingerprint density at radius 1 is 1.17 bits per heavy atom. The Bertz CT molecular complexity index is 797. The van der Waals surface area contributed by atoms with Gasteiger partial charge in [0.05, 0.1) is 6.54 Å². The number of rotatable bonds is 5. The number of aromatic amines is 1. The molecule has 0 radical (unpaired) electrons. The predicted octanol–water partition coefficient (Wildman–Crippen LogP) is 2.28. The van der Waals surface area contributed by atoms with E-state index < -0.39 is 0 Å². The number of nitrogens with zero attached hydrogens (tertiary/aromatic N) is 2. The van der Waals surface area contributed by atoms with E-state index in [1.54, 1.807) is 6.07 Å². The van der Waals surface area contributed by atoms with E-state index in [0.29, 0.717) is 13.1 Å². The number of H-pyrrole nitrogens is 1. The highest BCUT2D eigenvalue weighted by Gasteiger charge is 2.23. The summed E-state index contributed by atoms with van der Waals surface area (Å²) in [6.07, 6.45) is 2.16. The quantitative estimate of drug-likeness (QED) is 0.916. The molecule has 0 unspecified atom stereocenters. The third-order valence-electron chi connectivity index (χ3n) is 4.61. The number of hydrogen-bond acceptors (Lipinski definition) is 3. The summed E-state index contributed by atoms with van der Waals surface area (Å²) in [4.78, 5) is 31.9. The number of amides is 1. The zero-order valence-electron chi connectivity index (χ0n) is 14.5. The van der Waals surface area contributed by atoms with Crippen LogP contribution in [0.3, 0.4) is 0 Å². The van der Waals surface area contributed by atoms with Crippen LogP contribution in [0.4, 0.5) is 0 Å². The highest BCUT2D eigenvalue weighted by atomic mass is 16.2. The summed E-state index contributed by atoms with van der Waals surface area (Å²) in [5, 5.41) is 0.721. The van der Waals surface area contributed by atoms with E-state index in [9.17, 15) is 9.59 Å². The molecule has 1 aliphatic heterocycles. The molecule has 5 nitrogen and oxygen atoms in total. The molecule has 1 saturated heterocycles. The largest absolute Gasteiger partial charge is 0.357 e. The summed E-state index contributed by atoms with van der Waals surface area (Å²) in [6, 6.07) is 7.52. The molecule has 0 bridgehead atoms. The zero-order chi connectivity index (χ0) is 17.1. The van der Waals surface area contributed by atoms with Crippen molar-refractivity contribution < 1.29 is 4.79 Å². The summed E-state index contributed by atoms with van der Waals surface area (Å²) in [7, 11) is 0. The van der Waals surface area contributed by atoms with E-state index in [1.807, 2.05) is 30.0 Å². The molecule has 1 N–H and O–H groups in total. The van der Waals surface area contributed by atoms with Crippen LogP contribution in [0.15, 0.2) is 29.1 Å². The molecule has 5 heteroatoms. The number of carbonyl (C=O) groups is 1. The Morgan fingerprint density at radius 3 is 2.75 bits per heavy atom. The molecule has 2 aromatic rings. The molecule has 0 atom stereocenters. The molecular weight excluding hydrogens is 302 g/mol. The molecule has 1 aliphatic rings. The Hall–Kier alpha value is -2.14. The molecule has 24 heavy (non-hydrogen) atoms. The maximum atomic E-state index is 12.3. The second kappa shape index (κ2) is 7.18. The maximum Gasteiger partial charge on any atom is 0.236 e. The SMILES string of the molecule is CCCCN1CCN(Cc2cc(=O)c3cc(C)ccc3[nH]2)CC1=O. The smallest absolute Gasteiger partial charge is 0.236 e. The first kappa shape index (κ1) is 16.7. The van der Waals surface area contributed by atoms with Gasteiger partial charge in [0, 0.05) is 48.8 Å². The van der Waals surface area contributed by atoms with Crippen molar-refractivity contribution in [1.29, 1.82) is 0 Å². The van der Waals surface area contributed by atoms with E-state index in [-0.39, 0.29) is 11.3 Å².